The molecule has 0 aromatic carbocycles. The van der Waals surface area contributed by atoms with Gasteiger partial charge in [0.25, 0.3) is 0 Å². The largest absolute Gasteiger partial charge is 0.346 e. The van der Waals surface area contributed by atoms with E-state index >= 15 is 0 Å². The standard InChI is InChI=1S/C11H21NO/c1-4-12(3)11(13)10-7-5-9(2)6-8-10/h9-10H,4-8H2,1-3H3. The summed E-state index contributed by atoms with van der Waals surface area (Å²) in [5, 5.41) is 0. The fourth-order valence-corrected chi connectivity index (χ4v) is 1.97. The first kappa shape index (κ1) is 10.6. The van der Waals surface area contributed by atoms with Crippen LogP contribution in [0.3, 0.4) is 0 Å². The number of hydrogen-bond acceptors (Lipinski definition) is 1. The number of carbonyl (C=O) groups excluding carboxylic acids is 1. The predicted molar refractivity (Wildman–Crippen MR) is 54.4 cm³/mol. The minimum absolute atomic E-state index is 0.321. The molecule has 0 aromatic heterocycles. The zero-order chi connectivity index (χ0) is 9.84. The van der Waals surface area contributed by atoms with Gasteiger partial charge < -0.3 is 4.90 Å². The number of carbonyl (C=O) groups is 1. The molecular formula is C11H21NO. The quantitative estimate of drug-likeness (QED) is 0.643. The second kappa shape index (κ2) is 4.64. The molecule has 1 aliphatic rings. The monoisotopic (exact) mass is 183 g/mol. The van der Waals surface area contributed by atoms with Crippen LogP contribution in [0.1, 0.15) is 39.5 Å². The van der Waals surface area contributed by atoms with Crippen molar-refractivity contribution >= 4 is 5.91 Å². The van der Waals surface area contributed by atoms with Crippen LogP contribution in [0.25, 0.3) is 0 Å². The number of rotatable bonds is 2. The molecule has 1 amide bonds. The molecule has 1 fully saturated rings. The van der Waals surface area contributed by atoms with E-state index in [2.05, 4.69) is 6.92 Å². The highest BCUT2D eigenvalue weighted by atomic mass is 16.2. The Morgan fingerprint density at radius 3 is 2.31 bits per heavy atom. The lowest BCUT2D eigenvalue weighted by Gasteiger charge is -2.28. The highest BCUT2D eigenvalue weighted by Gasteiger charge is 2.25. The molecule has 0 N–H and O–H groups in total. The van der Waals surface area contributed by atoms with Gasteiger partial charge in [0.1, 0.15) is 0 Å². The predicted octanol–water partition coefficient (Wildman–Crippen LogP) is 2.29. The first-order valence-electron chi connectivity index (χ1n) is 5.40. The molecular weight excluding hydrogens is 162 g/mol. The number of amides is 1. The summed E-state index contributed by atoms with van der Waals surface area (Å²) in [5.41, 5.74) is 0. The highest BCUT2D eigenvalue weighted by Crippen LogP contribution is 2.29. The van der Waals surface area contributed by atoms with Crippen LogP contribution >= 0.6 is 0 Å². The van der Waals surface area contributed by atoms with E-state index in [-0.39, 0.29) is 0 Å². The number of nitrogens with zero attached hydrogens (tertiary/aromatic N) is 1. The smallest absolute Gasteiger partial charge is 0.225 e. The molecule has 13 heavy (non-hydrogen) atoms. The lowest BCUT2D eigenvalue weighted by Crippen LogP contribution is -2.34. The van der Waals surface area contributed by atoms with Gasteiger partial charge in [-0.05, 0) is 38.5 Å². The van der Waals surface area contributed by atoms with Crippen LogP contribution in [0.4, 0.5) is 0 Å². The third kappa shape index (κ3) is 2.71. The Morgan fingerprint density at radius 2 is 1.85 bits per heavy atom. The molecule has 0 aromatic rings. The Kier molecular flexibility index (Phi) is 3.76. The van der Waals surface area contributed by atoms with E-state index in [9.17, 15) is 4.79 Å². The van der Waals surface area contributed by atoms with Crippen molar-refractivity contribution < 1.29 is 4.79 Å². The van der Waals surface area contributed by atoms with Crippen LogP contribution in [0.5, 0.6) is 0 Å². The highest BCUT2D eigenvalue weighted by molar-refractivity contribution is 5.78. The number of hydrogen-bond donors (Lipinski definition) is 0. The maximum absolute atomic E-state index is 11.8. The van der Waals surface area contributed by atoms with Crippen LogP contribution < -0.4 is 0 Å². The Bertz CT molecular complexity index is 171. The van der Waals surface area contributed by atoms with Crippen molar-refractivity contribution in [2.45, 2.75) is 39.5 Å². The van der Waals surface area contributed by atoms with Gasteiger partial charge in [0.15, 0.2) is 0 Å². The summed E-state index contributed by atoms with van der Waals surface area (Å²) in [6.07, 6.45) is 4.66. The van der Waals surface area contributed by atoms with Crippen molar-refractivity contribution in [3.8, 4) is 0 Å². The molecule has 0 radical (unpaired) electrons. The van der Waals surface area contributed by atoms with Gasteiger partial charge in [0, 0.05) is 19.5 Å². The minimum atomic E-state index is 0.321. The molecule has 76 valence electrons. The molecule has 0 saturated heterocycles. The van der Waals surface area contributed by atoms with E-state index < -0.39 is 0 Å². The van der Waals surface area contributed by atoms with Gasteiger partial charge in [-0.2, -0.15) is 0 Å². The molecule has 0 aliphatic heterocycles. The third-order valence-electron chi connectivity index (χ3n) is 3.22. The van der Waals surface area contributed by atoms with E-state index in [1.54, 1.807) is 0 Å². The lowest BCUT2D eigenvalue weighted by molar-refractivity contribution is -0.135. The molecule has 1 rings (SSSR count). The van der Waals surface area contributed by atoms with Crippen molar-refractivity contribution in [2.75, 3.05) is 13.6 Å². The topological polar surface area (TPSA) is 20.3 Å². The second-order valence-electron chi connectivity index (χ2n) is 4.31. The van der Waals surface area contributed by atoms with Crippen LogP contribution in [-0.4, -0.2) is 24.4 Å². The zero-order valence-corrected chi connectivity index (χ0v) is 9.05. The van der Waals surface area contributed by atoms with Crippen molar-refractivity contribution in [2.24, 2.45) is 11.8 Å². The fourth-order valence-electron chi connectivity index (χ4n) is 1.97. The molecule has 0 spiro atoms. The average Bonchev–Trinajstić information content (AvgIpc) is 2.17. The molecule has 0 unspecified atom stereocenters. The SMILES string of the molecule is CCN(C)C(=O)C1CCC(C)CC1. The van der Waals surface area contributed by atoms with E-state index in [1.807, 2.05) is 18.9 Å². The second-order valence-corrected chi connectivity index (χ2v) is 4.31. The van der Waals surface area contributed by atoms with Gasteiger partial charge in [-0.15, -0.1) is 0 Å². The first-order valence-corrected chi connectivity index (χ1v) is 5.40. The third-order valence-corrected chi connectivity index (χ3v) is 3.22. The van der Waals surface area contributed by atoms with Crippen molar-refractivity contribution in [1.29, 1.82) is 0 Å². The van der Waals surface area contributed by atoms with Gasteiger partial charge in [-0.1, -0.05) is 6.92 Å². The Labute approximate surface area is 81.3 Å². The van der Waals surface area contributed by atoms with Crippen LogP contribution in [0, 0.1) is 11.8 Å². The maximum atomic E-state index is 11.8. The molecule has 0 bridgehead atoms. The van der Waals surface area contributed by atoms with Crippen LogP contribution in [-0.2, 0) is 4.79 Å². The lowest BCUT2D eigenvalue weighted by atomic mass is 9.82. The van der Waals surface area contributed by atoms with Gasteiger partial charge >= 0.3 is 0 Å². The Hall–Kier alpha value is -0.530. The summed E-state index contributed by atoms with van der Waals surface area (Å²) in [4.78, 5) is 13.6. The normalized spacial score (nSPS) is 28.5. The van der Waals surface area contributed by atoms with E-state index in [4.69, 9.17) is 0 Å². The van der Waals surface area contributed by atoms with Gasteiger partial charge in [0.2, 0.25) is 5.91 Å². The summed E-state index contributed by atoms with van der Waals surface area (Å²) in [6.45, 7) is 5.15. The first-order chi connectivity index (χ1) is 6.15. The molecule has 2 heteroatoms. The Morgan fingerprint density at radius 1 is 1.31 bits per heavy atom. The van der Waals surface area contributed by atoms with E-state index in [0.717, 1.165) is 25.3 Å². The maximum Gasteiger partial charge on any atom is 0.225 e. The summed E-state index contributed by atoms with van der Waals surface area (Å²) in [5.74, 6) is 1.51. The fraction of sp³-hybridized carbons (Fsp3) is 0.909. The van der Waals surface area contributed by atoms with Crippen molar-refractivity contribution in [3.05, 3.63) is 0 Å². The summed E-state index contributed by atoms with van der Waals surface area (Å²) in [7, 11) is 1.90. The van der Waals surface area contributed by atoms with Gasteiger partial charge in [-0.25, -0.2) is 0 Å². The summed E-state index contributed by atoms with van der Waals surface area (Å²) < 4.78 is 0. The Balaban J connectivity index is 2.40. The molecule has 1 aliphatic carbocycles. The van der Waals surface area contributed by atoms with Crippen LogP contribution in [0.2, 0.25) is 0 Å². The van der Waals surface area contributed by atoms with E-state index in [0.29, 0.717) is 11.8 Å². The zero-order valence-electron chi connectivity index (χ0n) is 9.05. The summed E-state index contributed by atoms with van der Waals surface area (Å²) in [6, 6.07) is 0. The van der Waals surface area contributed by atoms with Gasteiger partial charge in [-0.3, -0.25) is 4.79 Å². The summed E-state index contributed by atoms with van der Waals surface area (Å²) >= 11 is 0. The van der Waals surface area contributed by atoms with Crippen molar-refractivity contribution in [1.82, 2.24) is 4.90 Å². The minimum Gasteiger partial charge on any atom is -0.346 e. The molecule has 2 nitrogen and oxygen atoms in total. The van der Waals surface area contributed by atoms with E-state index in [1.165, 1.54) is 12.8 Å². The van der Waals surface area contributed by atoms with Crippen LogP contribution in [0.15, 0.2) is 0 Å². The van der Waals surface area contributed by atoms with Gasteiger partial charge in [0.05, 0.1) is 0 Å². The molecule has 0 atom stereocenters. The van der Waals surface area contributed by atoms with Crippen molar-refractivity contribution in [3.63, 3.8) is 0 Å². The molecule has 1 saturated carbocycles. The molecule has 0 heterocycles. The average molecular weight is 183 g/mol.